The maximum atomic E-state index is 12.5. The van der Waals surface area contributed by atoms with Crippen LogP contribution in [0, 0.1) is 5.92 Å². The Labute approximate surface area is 149 Å². The summed E-state index contributed by atoms with van der Waals surface area (Å²) in [6.07, 6.45) is 2.45. The van der Waals surface area contributed by atoms with Gasteiger partial charge in [0.1, 0.15) is 0 Å². The second-order valence-corrected chi connectivity index (χ2v) is 6.96. The molecule has 6 nitrogen and oxygen atoms in total. The SMILES string of the molecule is CN(C)C(=O)C1CCN(CC(=O)N2CCC(c3ccccc3)=N2)CC1. The van der Waals surface area contributed by atoms with E-state index in [4.69, 9.17) is 0 Å². The third-order valence-corrected chi connectivity index (χ3v) is 4.93. The number of benzene rings is 1. The summed E-state index contributed by atoms with van der Waals surface area (Å²) in [7, 11) is 3.60. The Bertz CT molecular complexity index is 649. The van der Waals surface area contributed by atoms with Gasteiger partial charge in [-0.3, -0.25) is 14.5 Å². The van der Waals surface area contributed by atoms with Gasteiger partial charge in [0.2, 0.25) is 5.91 Å². The molecule has 0 atom stereocenters. The number of hydrazone groups is 1. The van der Waals surface area contributed by atoms with Crippen molar-refractivity contribution in [3.63, 3.8) is 0 Å². The Morgan fingerprint density at radius 1 is 1.12 bits per heavy atom. The van der Waals surface area contributed by atoms with Crippen molar-refractivity contribution < 1.29 is 9.59 Å². The van der Waals surface area contributed by atoms with Crippen molar-refractivity contribution in [2.75, 3.05) is 40.3 Å². The number of amides is 2. The van der Waals surface area contributed by atoms with E-state index in [1.165, 1.54) is 0 Å². The number of hydrogen-bond donors (Lipinski definition) is 0. The molecule has 1 aromatic rings. The van der Waals surface area contributed by atoms with Crippen LogP contribution in [0.1, 0.15) is 24.8 Å². The number of piperidine rings is 1. The molecule has 2 aliphatic heterocycles. The van der Waals surface area contributed by atoms with Crippen molar-refractivity contribution in [2.45, 2.75) is 19.3 Å². The zero-order valence-corrected chi connectivity index (χ0v) is 15.0. The second kappa shape index (κ2) is 7.78. The summed E-state index contributed by atoms with van der Waals surface area (Å²) < 4.78 is 0. The lowest BCUT2D eigenvalue weighted by Gasteiger charge is -2.32. The first kappa shape index (κ1) is 17.6. The van der Waals surface area contributed by atoms with Crippen LogP contribution in [0.4, 0.5) is 0 Å². The third kappa shape index (κ3) is 4.25. The largest absolute Gasteiger partial charge is 0.349 e. The molecule has 0 saturated carbocycles. The van der Waals surface area contributed by atoms with Gasteiger partial charge < -0.3 is 4.90 Å². The van der Waals surface area contributed by atoms with Crippen LogP contribution < -0.4 is 0 Å². The van der Waals surface area contributed by atoms with Gasteiger partial charge in [0.15, 0.2) is 0 Å². The van der Waals surface area contributed by atoms with Crippen molar-refractivity contribution in [3.8, 4) is 0 Å². The topological polar surface area (TPSA) is 56.2 Å². The minimum Gasteiger partial charge on any atom is -0.349 e. The Kier molecular flexibility index (Phi) is 5.48. The van der Waals surface area contributed by atoms with E-state index in [9.17, 15) is 9.59 Å². The van der Waals surface area contributed by atoms with E-state index in [1.807, 2.05) is 30.3 Å². The lowest BCUT2D eigenvalue weighted by molar-refractivity contribution is -0.135. The average Bonchev–Trinajstić information content (AvgIpc) is 3.13. The first-order valence-corrected chi connectivity index (χ1v) is 8.91. The van der Waals surface area contributed by atoms with E-state index >= 15 is 0 Å². The summed E-state index contributed by atoms with van der Waals surface area (Å²) in [5.41, 5.74) is 2.06. The van der Waals surface area contributed by atoms with Crippen LogP contribution in [-0.2, 0) is 9.59 Å². The van der Waals surface area contributed by atoms with Crippen LogP contribution >= 0.6 is 0 Å². The zero-order valence-electron chi connectivity index (χ0n) is 15.0. The molecule has 25 heavy (non-hydrogen) atoms. The van der Waals surface area contributed by atoms with Crippen LogP contribution in [0.2, 0.25) is 0 Å². The molecule has 1 aromatic carbocycles. The Morgan fingerprint density at radius 2 is 1.80 bits per heavy atom. The highest BCUT2D eigenvalue weighted by Crippen LogP contribution is 2.20. The number of carbonyl (C=O) groups is 2. The predicted molar refractivity (Wildman–Crippen MR) is 97.2 cm³/mol. The van der Waals surface area contributed by atoms with Gasteiger partial charge in [0.25, 0.3) is 5.91 Å². The highest BCUT2D eigenvalue weighted by Gasteiger charge is 2.29. The lowest BCUT2D eigenvalue weighted by Crippen LogP contribution is -2.44. The van der Waals surface area contributed by atoms with Gasteiger partial charge in [-0.05, 0) is 31.5 Å². The highest BCUT2D eigenvalue weighted by molar-refractivity contribution is 6.02. The summed E-state index contributed by atoms with van der Waals surface area (Å²) in [6, 6.07) is 10.0. The minimum absolute atomic E-state index is 0.0447. The molecule has 0 aromatic heterocycles. The van der Waals surface area contributed by atoms with Crippen LogP contribution in [0.3, 0.4) is 0 Å². The van der Waals surface area contributed by atoms with E-state index in [2.05, 4.69) is 10.0 Å². The molecule has 0 spiro atoms. The molecule has 2 amide bonds. The van der Waals surface area contributed by atoms with Crippen LogP contribution in [0.5, 0.6) is 0 Å². The molecular formula is C19H26N4O2. The van der Waals surface area contributed by atoms with Gasteiger partial charge in [-0.1, -0.05) is 30.3 Å². The van der Waals surface area contributed by atoms with Crippen molar-refractivity contribution >= 4 is 17.5 Å². The van der Waals surface area contributed by atoms with Crippen LogP contribution in [0.25, 0.3) is 0 Å². The number of rotatable bonds is 4. The summed E-state index contributed by atoms with van der Waals surface area (Å²) in [5, 5.41) is 6.10. The van der Waals surface area contributed by atoms with E-state index < -0.39 is 0 Å². The van der Waals surface area contributed by atoms with Crippen molar-refractivity contribution in [1.82, 2.24) is 14.8 Å². The Balaban J connectivity index is 1.51. The van der Waals surface area contributed by atoms with Crippen LogP contribution in [-0.4, -0.2) is 72.6 Å². The molecule has 3 rings (SSSR count). The Morgan fingerprint density at radius 3 is 2.44 bits per heavy atom. The number of nitrogens with zero attached hydrogens (tertiary/aromatic N) is 4. The van der Waals surface area contributed by atoms with Crippen molar-refractivity contribution in [2.24, 2.45) is 11.0 Å². The molecule has 2 aliphatic rings. The van der Waals surface area contributed by atoms with Gasteiger partial charge >= 0.3 is 0 Å². The standard InChI is InChI=1S/C19H26N4O2/c1-21(2)19(25)16-8-11-22(12-9-16)14-18(24)23-13-10-17(20-23)15-6-4-3-5-7-15/h3-7,16H,8-14H2,1-2H3. The number of hydrogen-bond acceptors (Lipinski definition) is 4. The smallest absolute Gasteiger partial charge is 0.256 e. The van der Waals surface area contributed by atoms with Crippen molar-refractivity contribution in [3.05, 3.63) is 35.9 Å². The molecule has 0 unspecified atom stereocenters. The normalized spacial score (nSPS) is 19.0. The zero-order chi connectivity index (χ0) is 17.8. The maximum absolute atomic E-state index is 12.5. The first-order chi connectivity index (χ1) is 12.0. The fourth-order valence-electron chi connectivity index (χ4n) is 3.45. The molecule has 0 radical (unpaired) electrons. The fourth-order valence-corrected chi connectivity index (χ4v) is 3.45. The van der Waals surface area contributed by atoms with Gasteiger partial charge in [-0.15, -0.1) is 0 Å². The first-order valence-electron chi connectivity index (χ1n) is 8.91. The lowest BCUT2D eigenvalue weighted by atomic mass is 9.95. The number of likely N-dealkylation sites (tertiary alicyclic amines) is 1. The summed E-state index contributed by atoms with van der Waals surface area (Å²) >= 11 is 0. The quantitative estimate of drug-likeness (QED) is 0.832. The predicted octanol–water partition coefficient (Wildman–Crippen LogP) is 1.42. The summed E-state index contributed by atoms with van der Waals surface area (Å²) in [6.45, 7) is 2.62. The Hall–Kier alpha value is -2.21. The fraction of sp³-hybridized carbons (Fsp3) is 0.526. The molecule has 6 heteroatoms. The maximum Gasteiger partial charge on any atom is 0.256 e. The van der Waals surface area contributed by atoms with E-state index in [0.29, 0.717) is 13.1 Å². The van der Waals surface area contributed by atoms with Gasteiger partial charge in [-0.2, -0.15) is 5.10 Å². The molecule has 1 saturated heterocycles. The second-order valence-electron chi connectivity index (χ2n) is 6.96. The summed E-state index contributed by atoms with van der Waals surface area (Å²) in [5.74, 6) is 0.335. The molecule has 134 valence electrons. The van der Waals surface area contributed by atoms with E-state index in [1.54, 1.807) is 24.0 Å². The molecule has 0 bridgehead atoms. The van der Waals surface area contributed by atoms with Crippen LogP contribution in [0.15, 0.2) is 35.4 Å². The average molecular weight is 342 g/mol. The van der Waals surface area contributed by atoms with Gasteiger partial charge in [0.05, 0.1) is 18.8 Å². The molecular weight excluding hydrogens is 316 g/mol. The molecule has 1 fully saturated rings. The minimum atomic E-state index is 0.0447. The highest BCUT2D eigenvalue weighted by atomic mass is 16.2. The van der Waals surface area contributed by atoms with Gasteiger partial charge in [-0.25, -0.2) is 5.01 Å². The van der Waals surface area contributed by atoms with E-state index in [-0.39, 0.29) is 17.7 Å². The molecule has 0 N–H and O–H groups in total. The van der Waals surface area contributed by atoms with Crippen molar-refractivity contribution in [1.29, 1.82) is 0 Å². The van der Waals surface area contributed by atoms with E-state index in [0.717, 1.165) is 43.6 Å². The van der Waals surface area contributed by atoms with Gasteiger partial charge in [0, 0.05) is 26.4 Å². The molecule has 2 heterocycles. The third-order valence-electron chi connectivity index (χ3n) is 4.93. The number of carbonyl (C=O) groups excluding carboxylic acids is 2. The summed E-state index contributed by atoms with van der Waals surface area (Å²) in [4.78, 5) is 28.3. The monoisotopic (exact) mass is 342 g/mol. The molecule has 0 aliphatic carbocycles.